The van der Waals surface area contributed by atoms with Crippen LogP contribution in [0.2, 0.25) is 10.0 Å². The highest BCUT2D eigenvalue weighted by atomic mass is 35.5. The predicted octanol–water partition coefficient (Wildman–Crippen LogP) is 4.60. The maximum Gasteiger partial charge on any atom is 0.433 e. The van der Waals surface area contributed by atoms with Gasteiger partial charge in [-0.1, -0.05) is 35.3 Å². The Bertz CT molecular complexity index is 1500. The van der Waals surface area contributed by atoms with E-state index in [4.69, 9.17) is 23.2 Å². The number of pyridine rings is 1. The molecule has 38 heavy (non-hydrogen) atoms. The van der Waals surface area contributed by atoms with Gasteiger partial charge in [-0.2, -0.15) is 18.3 Å². The number of hydrogen-bond donors (Lipinski definition) is 4. The van der Waals surface area contributed by atoms with Crippen molar-refractivity contribution in [1.82, 2.24) is 36.6 Å². The van der Waals surface area contributed by atoms with Gasteiger partial charge in [0.05, 0.1) is 17.9 Å². The van der Waals surface area contributed by atoms with Gasteiger partial charge in [-0.15, -0.1) is 10.6 Å². The minimum absolute atomic E-state index is 0.221. The van der Waals surface area contributed by atoms with Gasteiger partial charge in [-0.3, -0.25) is 25.2 Å². The van der Waals surface area contributed by atoms with Crippen molar-refractivity contribution >= 4 is 35.1 Å². The van der Waals surface area contributed by atoms with Crippen LogP contribution in [0.5, 0.6) is 0 Å². The van der Waals surface area contributed by atoms with Crippen LogP contribution < -0.4 is 21.8 Å². The molecular formula is C24H17Cl2F3N8O. The third-order valence-electron chi connectivity index (χ3n) is 5.47. The number of carbonyl (C=O) groups excluding carboxylic acids is 1. The normalized spacial score (nSPS) is 13.0. The molecule has 0 atom stereocenters. The maximum atomic E-state index is 13.0. The van der Waals surface area contributed by atoms with E-state index in [1.807, 2.05) is 0 Å². The first kappa shape index (κ1) is 25.5. The number of nitrogens with one attached hydrogen (secondary N) is 4. The molecule has 14 heteroatoms. The highest BCUT2D eigenvalue weighted by molar-refractivity contribution is 6.35. The van der Waals surface area contributed by atoms with Crippen LogP contribution in [0.25, 0.3) is 22.5 Å². The third-order valence-corrected chi connectivity index (χ3v) is 5.91. The van der Waals surface area contributed by atoms with Crippen LogP contribution in [-0.2, 0) is 12.7 Å². The minimum atomic E-state index is -4.55. The summed E-state index contributed by atoms with van der Waals surface area (Å²) in [5.74, 6) is -0.150. The molecule has 0 saturated carbocycles. The molecule has 5 rings (SSSR count). The van der Waals surface area contributed by atoms with Gasteiger partial charge >= 0.3 is 6.18 Å². The van der Waals surface area contributed by atoms with Crippen molar-refractivity contribution in [2.45, 2.75) is 12.7 Å². The summed E-state index contributed by atoms with van der Waals surface area (Å²) in [7, 11) is 0. The fraction of sp³-hybridized carbons (Fsp3) is 0.0833. The Morgan fingerprint density at radius 1 is 0.974 bits per heavy atom. The summed E-state index contributed by atoms with van der Waals surface area (Å²) in [4.78, 5) is 16.0. The summed E-state index contributed by atoms with van der Waals surface area (Å²) >= 11 is 12.3. The second-order valence-corrected chi connectivity index (χ2v) is 9.01. The van der Waals surface area contributed by atoms with Gasteiger partial charge in [0.15, 0.2) is 0 Å². The second-order valence-electron chi connectivity index (χ2n) is 8.13. The SMILES string of the molecule is O=C(NC1=NNNN1)c1ccc(Cn2nc(-c3cc(Cl)cc(Cl)c3)cc2-c2ccc(C(F)(F)F)nc2)cc1. The largest absolute Gasteiger partial charge is 0.433 e. The van der Waals surface area contributed by atoms with Gasteiger partial charge in [-0.25, -0.2) is 5.53 Å². The average molecular weight is 561 g/mol. The Morgan fingerprint density at radius 2 is 1.71 bits per heavy atom. The molecule has 1 aliphatic heterocycles. The number of aromatic nitrogens is 3. The Hall–Kier alpha value is -4.13. The average Bonchev–Trinajstić information content (AvgIpc) is 3.54. The lowest BCUT2D eigenvalue weighted by Crippen LogP contribution is -2.43. The van der Waals surface area contributed by atoms with Crippen LogP contribution in [0, 0.1) is 0 Å². The van der Waals surface area contributed by atoms with Crippen LogP contribution >= 0.6 is 23.2 Å². The molecule has 1 amide bonds. The highest BCUT2D eigenvalue weighted by Gasteiger charge is 2.32. The van der Waals surface area contributed by atoms with Crippen LogP contribution in [0.15, 0.2) is 72.0 Å². The first-order valence-electron chi connectivity index (χ1n) is 11.0. The van der Waals surface area contributed by atoms with E-state index in [9.17, 15) is 18.0 Å². The second kappa shape index (κ2) is 10.3. The Morgan fingerprint density at radius 3 is 2.32 bits per heavy atom. The van der Waals surface area contributed by atoms with Crippen LogP contribution in [0.1, 0.15) is 21.6 Å². The number of hydrazine groups is 2. The van der Waals surface area contributed by atoms with Crippen molar-refractivity contribution in [3.8, 4) is 22.5 Å². The summed E-state index contributed by atoms with van der Waals surface area (Å²) in [6.07, 6.45) is -3.40. The Labute approximate surface area is 223 Å². The molecule has 4 N–H and O–H groups in total. The van der Waals surface area contributed by atoms with Gasteiger partial charge < -0.3 is 0 Å². The molecule has 2 aromatic carbocycles. The number of carbonyl (C=O) groups is 1. The van der Waals surface area contributed by atoms with Crippen molar-refractivity contribution in [2.75, 3.05) is 0 Å². The van der Waals surface area contributed by atoms with Gasteiger partial charge in [0.1, 0.15) is 5.69 Å². The van der Waals surface area contributed by atoms with Crippen LogP contribution in [0.3, 0.4) is 0 Å². The van der Waals surface area contributed by atoms with E-state index in [-0.39, 0.29) is 18.4 Å². The van der Waals surface area contributed by atoms with Crippen molar-refractivity contribution in [3.05, 3.63) is 93.7 Å². The zero-order valence-electron chi connectivity index (χ0n) is 19.1. The molecule has 0 radical (unpaired) electrons. The van der Waals surface area contributed by atoms with E-state index in [0.717, 1.165) is 17.8 Å². The standard InChI is InChI=1S/C24H17Cl2F3N8O/c25-17-7-16(8-18(26)9-17)19-10-20(15-5-6-21(30-11-15)24(27,28)29)37(34-19)12-13-1-3-14(4-2-13)22(38)31-23-32-35-36-33-23/h1-11,35-36H,12H2,(H2,31,32,33,38). The highest BCUT2D eigenvalue weighted by Crippen LogP contribution is 2.32. The number of guanidine groups is 1. The molecule has 0 saturated heterocycles. The van der Waals surface area contributed by atoms with Crippen molar-refractivity contribution in [3.63, 3.8) is 0 Å². The number of benzene rings is 2. The summed E-state index contributed by atoms with van der Waals surface area (Å²) in [6.45, 7) is 0.259. The van der Waals surface area contributed by atoms with Crippen molar-refractivity contribution < 1.29 is 18.0 Å². The van der Waals surface area contributed by atoms with Crippen molar-refractivity contribution in [2.24, 2.45) is 5.10 Å². The van der Waals surface area contributed by atoms with E-state index < -0.39 is 11.9 Å². The lowest BCUT2D eigenvalue weighted by atomic mass is 10.1. The third kappa shape index (κ3) is 5.72. The lowest BCUT2D eigenvalue weighted by Gasteiger charge is -2.10. The van der Waals surface area contributed by atoms with Gasteiger partial charge in [0.2, 0.25) is 5.96 Å². The van der Waals surface area contributed by atoms with E-state index in [2.05, 4.69) is 37.0 Å². The van der Waals surface area contributed by atoms with Gasteiger partial charge in [-0.05, 0) is 54.1 Å². The lowest BCUT2D eigenvalue weighted by molar-refractivity contribution is -0.141. The molecule has 2 aromatic heterocycles. The van der Waals surface area contributed by atoms with E-state index in [1.165, 1.54) is 6.07 Å². The fourth-order valence-electron chi connectivity index (χ4n) is 3.70. The minimum Gasteiger partial charge on any atom is -0.290 e. The molecule has 0 fully saturated rings. The quantitative estimate of drug-likeness (QED) is 0.284. The monoisotopic (exact) mass is 560 g/mol. The molecular weight excluding hydrogens is 544 g/mol. The molecule has 0 unspecified atom stereocenters. The number of rotatable bonds is 5. The summed E-state index contributed by atoms with van der Waals surface area (Å²) in [5, 5.41) is 11.9. The predicted molar refractivity (Wildman–Crippen MR) is 136 cm³/mol. The smallest absolute Gasteiger partial charge is 0.290 e. The topological polar surface area (TPSA) is 108 Å². The number of nitrogens with zero attached hydrogens (tertiary/aromatic N) is 4. The number of hydrazone groups is 1. The summed E-state index contributed by atoms with van der Waals surface area (Å²) in [6, 6.07) is 15.7. The molecule has 194 valence electrons. The molecule has 3 heterocycles. The molecule has 0 spiro atoms. The Kier molecular flexibility index (Phi) is 6.93. The zero-order valence-corrected chi connectivity index (χ0v) is 20.7. The van der Waals surface area contributed by atoms with Crippen LogP contribution in [0.4, 0.5) is 13.2 Å². The maximum absolute atomic E-state index is 13.0. The summed E-state index contributed by atoms with van der Waals surface area (Å²) in [5.41, 5.74) is 9.90. The van der Waals surface area contributed by atoms with Crippen molar-refractivity contribution in [1.29, 1.82) is 0 Å². The molecule has 9 nitrogen and oxygen atoms in total. The van der Waals surface area contributed by atoms with Gasteiger partial charge in [0.25, 0.3) is 5.91 Å². The number of halogens is 5. The molecule has 1 aliphatic rings. The van der Waals surface area contributed by atoms with E-state index in [0.29, 0.717) is 38.1 Å². The Balaban J connectivity index is 1.46. The number of hydrogen-bond acceptors (Lipinski definition) is 7. The molecule has 4 aromatic rings. The summed E-state index contributed by atoms with van der Waals surface area (Å²) < 4.78 is 40.8. The first-order chi connectivity index (χ1) is 18.2. The van der Waals surface area contributed by atoms with Crippen LogP contribution in [-0.4, -0.2) is 26.6 Å². The van der Waals surface area contributed by atoms with E-state index >= 15 is 0 Å². The number of amides is 1. The zero-order chi connectivity index (χ0) is 26.9. The van der Waals surface area contributed by atoms with Gasteiger partial charge in [0, 0.05) is 32.9 Å². The molecule has 0 aliphatic carbocycles. The number of alkyl halides is 3. The molecule has 0 bridgehead atoms. The fourth-order valence-corrected chi connectivity index (χ4v) is 4.22. The first-order valence-corrected chi connectivity index (χ1v) is 11.7. The van der Waals surface area contributed by atoms with E-state index in [1.54, 1.807) is 53.2 Å².